The Labute approximate surface area is 437 Å². The summed E-state index contributed by atoms with van der Waals surface area (Å²) in [5.74, 6) is 7.34. The second-order valence-electron chi connectivity index (χ2n) is 12.3. The van der Waals surface area contributed by atoms with E-state index in [-0.39, 0.29) is 118 Å². The minimum atomic E-state index is -1.42. The predicted molar refractivity (Wildman–Crippen MR) is 206 cm³/mol. The van der Waals surface area contributed by atoms with Gasteiger partial charge in [-0.25, -0.2) is 0 Å². The molecule has 0 radical (unpaired) electrons. The number of hydrogen-bond acceptors (Lipinski definition) is 10. The molecule has 5 aromatic rings. The predicted octanol–water partition coefficient (Wildman–Crippen LogP) is -10.5. The van der Waals surface area contributed by atoms with E-state index < -0.39 is 50.1 Å². The number of aliphatic carboxylic acids is 4. The Hall–Kier alpha value is -3.82. The third-order valence-electron chi connectivity index (χ3n) is 8.16. The van der Waals surface area contributed by atoms with Gasteiger partial charge in [-0.15, -0.1) is 0 Å². The maximum atomic E-state index is 11.2. The zero-order valence-electron chi connectivity index (χ0n) is 33.8. The molecule has 0 bridgehead atoms. The van der Waals surface area contributed by atoms with E-state index >= 15 is 0 Å². The standard InChI is InChI=1S/C46H36N2O8.4Na/c49-43(50)29-47(30-44(51)52)41-23-15-35(16-24-41)13-21-39-28-38(20-12-34-9-5-2-6-10-34)40(27-37(39)19-11-33-7-3-1-4-8-33)22-14-36-17-25-42(26-18-36)48(31-45(53)54)32-46(55)56;;;;/h1-10,13-18,21-28H,29-32H2,(H,49,50)(H,51,52)(H,53,54)(H,55,56);;;;/q;4*+1/p-4/b21-13+,22-14+;;;;. The van der Waals surface area contributed by atoms with Crippen molar-refractivity contribution in [3.8, 4) is 23.7 Å². The van der Waals surface area contributed by atoms with Crippen molar-refractivity contribution in [3.05, 3.63) is 166 Å². The summed E-state index contributed by atoms with van der Waals surface area (Å²) in [6.45, 7) is -2.45. The zero-order chi connectivity index (χ0) is 39.9. The number of hydrogen-bond donors (Lipinski definition) is 0. The van der Waals surface area contributed by atoms with Crippen LogP contribution < -0.4 is 148 Å². The van der Waals surface area contributed by atoms with E-state index in [0.717, 1.165) is 43.2 Å². The van der Waals surface area contributed by atoms with E-state index in [0.29, 0.717) is 22.5 Å². The van der Waals surface area contributed by atoms with Crippen LogP contribution in [0.1, 0.15) is 44.5 Å². The van der Waals surface area contributed by atoms with E-state index in [2.05, 4.69) is 23.7 Å². The van der Waals surface area contributed by atoms with Crippen molar-refractivity contribution in [2.75, 3.05) is 36.0 Å². The van der Waals surface area contributed by atoms with Crippen molar-refractivity contribution >= 4 is 59.6 Å². The quantitative estimate of drug-likeness (QED) is 0.0596. The molecule has 10 nitrogen and oxygen atoms in total. The summed E-state index contributed by atoms with van der Waals surface area (Å²) in [4.78, 5) is 47.1. The van der Waals surface area contributed by atoms with E-state index in [1.807, 2.05) is 97.1 Å². The molecule has 0 aliphatic carbocycles. The third-order valence-corrected chi connectivity index (χ3v) is 8.16. The summed E-state index contributed by atoms with van der Waals surface area (Å²) in [5.41, 5.74) is 6.77. The Kier molecular flexibility index (Phi) is 25.2. The molecular formula is C46H32N2Na4O8. The number of anilines is 2. The summed E-state index contributed by atoms with van der Waals surface area (Å²) < 4.78 is 0. The maximum absolute atomic E-state index is 11.2. The Morgan fingerprint density at radius 1 is 0.417 bits per heavy atom. The average molecular weight is 833 g/mol. The second kappa shape index (κ2) is 27.9. The Morgan fingerprint density at radius 3 is 1.00 bits per heavy atom. The molecule has 0 heterocycles. The molecule has 0 aliphatic heterocycles. The second-order valence-corrected chi connectivity index (χ2v) is 12.3. The van der Waals surface area contributed by atoms with Crippen LogP contribution in [0.25, 0.3) is 24.3 Å². The molecule has 0 aromatic heterocycles. The van der Waals surface area contributed by atoms with Gasteiger partial charge >= 0.3 is 118 Å². The van der Waals surface area contributed by atoms with Gasteiger partial charge in [0.1, 0.15) is 0 Å². The number of rotatable bonds is 14. The Balaban J connectivity index is 0.00000450. The molecule has 0 saturated carbocycles. The number of nitrogens with zero attached hydrogens (tertiary/aromatic N) is 2. The van der Waals surface area contributed by atoms with E-state index in [9.17, 15) is 39.6 Å². The molecule has 60 heavy (non-hydrogen) atoms. The molecule has 0 amide bonds. The van der Waals surface area contributed by atoms with Crippen molar-refractivity contribution < 1.29 is 158 Å². The molecule has 5 aromatic carbocycles. The van der Waals surface area contributed by atoms with Gasteiger partial charge in [-0.1, -0.05) is 109 Å². The first-order chi connectivity index (χ1) is 27.0. The zero-order valence-corrected chi connectivity index (χ0v) is 41.8. The molecule has 0 aliphatic rings. The van der Waals surface area contributed by atoms with Crippen LogP contribution in [0.15, 0.2) is 121 Å². The smallest absolute Gasteiger partial charge is 0.548 e. The van der Waals surface area contributed by atoms with Crippen LogP contribution in [0.4, 0.5) is 11.4 Å². The number of carboxylic acids is 4. The molecular weight excluding hydrogens is 800 g/mol. The van der Waals surface area contributed by atoms with Crippen LogP contribution in [0.5, 0.6) is 0 Å². The van der Waals surface area contributed by atoms with Gasteiger partial charge < -0.3 is 49.4 Å². The normalized spacial score (nSPS) is 9.87. The van der Waals surface area contributed by atoms with Gasteiger partial charge in [-0.3, -0.25) is 0 Å². The topological polar surface area (TPSA) is 167 Å². The van der Waals surface area contributed by atoms with E-state index in [4.69, 9.17) is 0 Å². The molecule has 0 atom stereocenters. The largest absolute Gasteiger partial charge is 1.00 e. The average Bonchev–Trinajstić information content (AvgIpc) is 3.18. The summed E-state index contributed by atoms with van der Waals surface area (Å²) in [7, 11) is 0. The molecule has 0 unspecified atom stereocenters. The van der Waals surface area contributed by atoms with Crippen LogP contribution in [0.2, 0.25) is 0 Å². The van der Waals surface area contributed by atoms with Gasteiger partial charge in [0.2, 0.25) is 0 Å². The van der Waals surface area contributed by atoms with Crippen molar-refractivity contribution in [2.24, 2.45) is 0 Å². The van der Waals surface area contributed by atoms with Crippen molar-refractivity contribution in [2.45, 2.75) is 0 Å². The fourth-order valence-corrected chi connectivity index (χ4v) is 5.51. The minimum Gasteiger partial charge on any atom is -0.548 e. The SMILES string of the molecule is O=C([O-])CN(CC(=O)[O-])c1ccc(/C=C/c2cc(C#Cc3ccccc3)c(/C=C/c3ccc(N(CC(=O)[O-])CC(=O)[O-])cc3)cc2C#Cc2ccccc2)cc1.[Na+].[Na+].[Na+].[Na+]. The first-order valence-corrected chi connectivity index (χ1v) is 17.2. The van der Waals surface area contributed by atoms with Gasteiger partial charge in [0.15, 0.2) is 0 Å². The van der Waals surface area contributed by atoms with Crippen LogP contribution in [0.3, 0.4) is 0 Å². The summed E-state index contributed by atoms with van der Waals surface area (Å²) in [6, 6.07) is 36.2. The fourth-order valence-electron chi connectivity index (χ4n) is 5.51. The van der Waals surface area contributed by atoms with Crippen molar-refractivity contribution in [3.63, 3.8) is 0 Å². The van der Waals surface area contributed by atoms with E-state index in [1.165, 1.54) is 0 Å². The van der Waals surface area contributed by atoms with Gasteiger partial charge in [0.05, 0.1) is 50.1 Å². The van der Waals surface area contributed by atoms with Gasteiger partial charge in [0.25, 0.3) is 0 Å². The summed E-state index contributed by atoms with van der Waals surface area (Å²) in [6.07, 6.45) is 7.47. The molecule has 14 heteroatoms. The number of carbonyl (C=O) groups is 4. The fraction of sp³-hybridized carbons (Fsp3) is 0.0870. The summed E-state index contributed by atoms with van der Waals surface area (Å²) in [5, 5.41) is 44.8. The molecule has 0 fully saturated rings. The first-order valence-electron chi connectivity index (χ1n) is 17.2. The van der Waals surface area contributed by atoms with Crippen LogP contribution >= 0.6 is 0 Å². The van der Waals surface area contributed by atoms with Crippen molar-refractivity contribution in [1.29, 1.82) is 0 Å². The third kappa shape index (κ3) is 18.0. The van der Waals surface area contributed by atoms with E-state index in [1.54, 1.807) is 48.5 Å². The van der Waals surface area contributed by atoms with Gasteiger partial charge in [-0.2, -0.15) is 0 Å². The number of carboxylic acid groups (broad SMARTS) is 4. The van der Waals surface area contributed by atoms with Gasteiger partial charge in [-0.05, 0) is 82.9 Å². The van der Waals surface area contributed by atoms with Crippen LogP contribution in [0, 0.1) is 23.7 Å². The Bertz CT molecular complexity index is 2200. The molecule has 278 valence electrons. The monoisotopic (exact) mass is 832 g/mol. The van der Waals surface area contributed by atoms with Crippen LogP contribution in [-0.4, -0.2) is 50.1 Å². The molecule has 0 saturated heterocycles. The molecule has 5 rings (SSSR count). The van der Waals surface area contributed by atoms with Crippen LogP contribution in [-0.2, 0) is 19.2 Å². The molecule has 0 N–H and O–H groups in total. The summed E-state index contributed by atoms with van der Waals surface area (Å²) >= 11 is 0. The maximum Gasteiger partial charge on any atom is 1.00 e. The molecule has 0 spiro atoms. The number of benzene rings is 5. The first kappa shape index (κ1) is 54.2. The van der Waals surface area contributed by atoms with Crippen molar-refractivity contribution in [1.82, 2.24) is 0 Å². The minimum absolute atomic E-state index is 0. The Morgan fingerprint density at radius 2 is 0.717 bits per heavy atom. The van der Waals surface area contributed by atoms with Gasteiger partial charge in [0, 0.05) is 33.6 Å². The number of carbonyl (C=O) groups excluding carboxylic acids is 4.